The maximum Gasteiger partial charge on any atom is 0.416 e. The summed E-state index contributed by atoms with van der Waals surface area (Å²) in [7, 11) is 0. The fourth-order valence-corrected chi connectivity index (χ4v) is 1.86. The molecule has 5 heteroatoms. The third-order valence-electron chi connectivity index (χ3n) is 2.79. The summed E-state index contributed by atoms with van der Waals surface area (Å²) < 4.78 is 51.2. The van der Waals surface area contributed by atoms with Gasteiger partial charge in [0.1, 0.15) is 5.82 Å². The SMILES string of the molecule is NCc1ccc(C(F)(F)F)cc1-c1cccc(F)c1. The highest BCUT2D eigenvalue weighted by molar-refractivity contribution is 5.68. The van der Waals surface area contributed by atoms with Gasteiger partial charge in [-0.15, -0.1) is 0 Å². The highest BCUT2D eigenvalue weighted by Crippen LogP contribution is 2.34. The quantitative estimate of drug-likeness (QED) is 0.820. The van der Waals surface area contributed by atoms with Crippen LogP contribution in [0.4, 0.5) is 17.6 Å². The smallest absolute Gasteiger partial charge is 0.326 e. The van der Waals surface area contributed by atoms with E-state index in [1.165, 1.54) is 24.3 Å². The second-order valence-electron chi connectivity index (χ2n) is 4.08. The molecule has 0 unspecified atom stereocenters. The van der Waals surface area contributed by atoms with Crippen LogP contribution in [0, 0.1) is 5.82 Å². The van der Waals surface area contributed by atoms with E-state index >= 15 is 0 Å². The van der Waals surface area contributed by atoms with Gasteiger partial charge >= 0.3 is 6.18 Å². The average Bonchev–Trinajstić information content (AvgIpc) is 2.37. The van der Waals surface area contributed by atoms with Crippen molar-refractivity contribution in [1.29, 1.82) is 0 Å². The molecule has 0 atom stereocenters. The lowest BCUT2D eigenvalue weighted by Crippen LogP contribution is -2.07. The zero-order valence-corrected chi connectivity index (χ0v) is 9.84. The molecule has 2 N–H and O–H groups in total. The number of halogens is 4. The van der Waals surface area contributed by atoms with Crippen LogP contribution in [0.15, 0.2) is 42.5 Å². The largest absolute Gasteiger partial charge is 0.416 e. The summed E-state index contributed by atoms with van der Waals surface area (Å²) in [5.41, 5.74) is 5.96. The van der Waals surface area contributed by atoms with Crippen LogP contribution in [0.2, 0.25) is 0 Å². The van der Waals surface area contributed by atoms with Crippen molar-refractivity contribution >= 4 is 0 Å². The van der Waals surface area contributed by atoms with Gasteiger partial charge in [0.2, 0.25) is 0 Å². The Hall–Kier alpha value is -1.88. The summed E-state index contributed by atoms with van der Waals surface area (Å²) in [4.78, 5) is 0. The Bertz CT molecular complexity index is 590. The zero-order chi connectivity index (χ0) is 14.0. The third-order valence-corrected chi connectivity index (χ3v) is 2.79. The second-order valence-corrected chi connectivity index (χ2v) is 4.08. The van der Waals surface area contributed by atoms with Gasteiger partial charge in [-0.25, -0.2) is 4.39 Å². The van der Waals surface area contributed by atoms with Crippen molar-refractivity contribution in [3.8, 4) is 11.1 Å². The van der Waals surface area contributed by atoms with Crippen LogP contribution in [-0.2, 0) is 12.7 Å². The molecule has 0 aliphatic carbocycles. The van der Waals surface area contributed by atoms with Gasteiger partial charge in [0, 0.05) is 6.54 Å². The minimum atomic E-state index is -4.44. The van der Waals surface area contributed by atoms with E-state index in [9.17, 15) is 17.6 Å². The molecule has 2 rings (SSSR count). The van der Waals surface area contributed by atoms with Gasteiger partial charge in [0.15, 0.2) is 0 Å². The summed E-state index contributed by atoms with van der Waals surface area (Å²) in [6.45, 7) is 0.0873. The molecular weight excluding hydrogens is 258 g/mol. The topological polar surface area (TPSA) is 26.0 Å². The molecule has 0 aliphatic heterocycles. The number of hydrogen-bond acceptors (Lipinski definition) is 1. The van der Waals surface area contributed by atoms with Crippen LogP contribution in [0.3, 0.4) is 0 Å². The van der Waals surface area contributed by atoms with Gasteiger partial charge in [-0.1, -0.05) is 18.2 Å². The fourth-order valence-electron chi connectivity index (χ4n) is 1.86. The van der Waals surface area contributed by atoms with Crippen molar-refractivity contribution in [2.75, 3.05) is 0 Å². The summed E-state index contributed by atoms with van der Waals surface area (Å²) >= 11 is 0. The Labute approximate surface area is 107 Å². The van der Waals surface area contributed by atoms with E-state index in [0.717, 1.165) is 12.1 Å². The maximum absolute atomic E-state index is 13.2. The summed E-state index contributed by atoms with van der Waals surface area (Å²) in [6.07, 6.45) is -4.44. The van der Waals surface area contributed by atoms with Crippen molar-refractivity contribution in [3.05, 3.63) is 59.4 Å². The van der Waals surface area contributed by atoms with E-state index in [4.69, 9.17) is 5.73 Å². The molecule has 0 saturated carbocycles. The summed E-state index contributed by atoms with van der Waals surface area (Å²) in [5, 5.41) is 0. The number of benzene rings is 2. The fraction of sp³-hybridized carbons (Fsp3) is 0.143. The number of hydrogen-bond donors (Lipinski definition) is 1. The van der Waals surface area contributed by atoms with Gasteiger partial charge in [-0.2, -0.15) is 13.2 Å². The molecule has 100 valence electrons. The molecule has 19 heavy (non-hydrogen) atoms. The van der Waals surface area contributed by atoms with E-state index in [1.54, 1.807) is 6.07 Å². The molecular formula is C14H11F4N. The van der Waals surface area contributed by atoms with Crippen LogP contribution in [-0.4, -0.2) is 0 Å². The van der Waals surface area contributed by atoms with Gasteiger partial charge < -0.3 is 5.73 Å². The average molecular weight is 269 g/mol. The van der Waals surface area contributed by atoms with E-state index < -0.39 is 17.6 Å². The molecule has 0 amide bonds. The highest BCUT2D eigenvalue weighted by Gasteiger charge is 2.31. The standard InChI is InChI=1S/C14H11F4N/c15-12-3-1-2-9(6-12)13-7-11(14(16,17)18)5-4-10(13)8-19/h1-7H,8,19H2. The van der Waals surface area contributed by atoms with Crippen LogP contribution in [0.25, 0.3) is 11.1 Å². The molecule has 0 saturated heterocycles. The predicted molar refractivity (Wildman–Crippen MR) is 64.7 cm³/mol. The summed E-state index contributed by atoms with van der Waals surface area (Å²) in [6, 6.07) is 8.72. The number of alkyl halides is 3. The van der Waals surface area contributed by atoms with Crippen molar-refractivity contribution < 1.29 is 17.6 Å². The lowest BCUT2D eigenvalue weighted by atomic mass is 9.97. The van der Waals surface area contributed by atoms with Gasteiger partial charge in [0.05, 0.1) is 5.56 Å². The first-order chi connectivity index (χ1) is 8.91. The van der Waals surface area contributed by atoms with Crippen LogP contribution < -0.4 is 5.73 Å². The van der Waals surface area contributed by atoms with Gasteiger partial charge in [0.25, 0.3) is 0 Å². The number of nitrogens with two attached hydrogens (primary N) is 1. The maximum atomic E-state index is 13.2. The van der Waals surface area contributed by atoms with E-state index in [0.29, 0.717) is 16.7 Å². The van der Waals surface area contributed by atoms with Crippen molar-refractivity contribution in [3.63, 3.8) is 0 Å². The molecule has 0 fully saturated rings. The molecule has 1 nitrogen and oxygen atoms in total. The third kappa shape index (κ3) is 2.93. The lowest BCUT2D eigenvalue weighted by Gasteiger charge is -2.13. The Morgan fingerprint density at radius 2 is 1.74 bits per heavy atom. The molecule has 0 aliphatic rings. The minimum Gasteiger partial charge on any atom is -0.326 e. The van der Waals surface area contributed by atoms with Crippen molar-refractivity contribution in [2.24, 2.45) is 5.73 Å². The Balaban J connectivity index is 2.60. The molecule has 2 aromatic carbocycles. The second kappa shape index (κ2) is 5.01. The Morgan fingerprint density at radius 1 is 1.00 bits per heavy atom. The first-order valence-electron chi connectivity index (χ1n) is 5.58. The first kappa shape index (κ1) is 13.5. The van der Waals surface area contributed by atoms with E-state index in [-0.39, 0.29) is 6.54 Å². The first-order valence-corrected chi connectivity index (χ1v) is 5.58. The van der Waals surface area contributed by atoms with Crippen LogP contribution in [0.1, 0.15) is 11.1 Å². The molecule has 0 aromatic heterocycles. The molecule has 2 aromatic rings. The zero-order valence-electron chi connectivity index (χ0n) is 9.84. The van der Waals surface area contributed by atoms with Crippen molar-refractivity contribution in [1.82, 2.24) is 0 Å². The monoisotopic (exact) mass is 269 g/mol. The van der Waals surface area contributed by atoms with Gasteiger partial charge in [-0.05, 0) is 41.0 Å². The Morgan fingerprint density at radius 3 is 2.32 bits per heavy atom. The molecule has 0 radical (unpaired) electrons. The molecule has 0 bridgehead atoms. The number of rotatable bonds is 2. The van der Waals surface area contributed by atoms with Gasteiger partial charge in [-0.3, -0.25) is 0 Å². The highest BCUT2D eigenvalue weighted by atomic mass is 19.4. The normalized spacial score (nSPS) is 11.6. The van der Waals surface area contributed by atoms with Crippen LogP contribution >= 0.6 is 0 Å². The molecule has 0 heterocycles. The molecule has 0 spiro atoms. The van der Waals surface area contributed by atoms with E-state index in [2.05, 4.69) is 0 Å². The van der Waals surface area contributed by atoms with Crippen LogP contribution in [0.5, 0.6) is 0 Å². The minimum absolute atomic E-state index is 0.0873. The Kier molecular flexibility index (Phi) is 3.57. The lowest BCUT2D eigenvalue weighted by molar-refractivity contribution is -0.137. The summed E-state index contributed by atoms with van der Waals surface area (Å²) in [5.74, 6) is -0.502. The van der Waals surface area contributed by atoms with E-state index in [1.807, 2.05) is 0 Å². The van der Waals surface area contributed by atoms with Crippen molar-refractivity contribution in [2.45, 2.75) is 12.7 Å². The predicted octanol–water partition coefficient (Wildman–Crippen LogP) is 3.97.